The molecule has 7 heteroatoms. The fourth-order valence-electron chi connectivity index (χ4n) is 2.56. The largest absolute Gasteiger partial charge is 0.484 e. The lowest BCUT2D eigenvalue weighted by molar-refractivity contribution is -0.119. The molecule has 2 rings (SSSR count). The summed E-state index contributed by atoms with van der Waals surface area (Å²) in [5.74, 6) is 0.627. The molecule has 0 saturated carbocycles. The second-order valence-corrected chi connectivity index (χ2v) is 6.22. The number of carbonyl (C=O) groups excluding carboxylic acids is 1. The van der Waals surface area contributed by atoms with Gasteiger partial charge in [-0.1, -0.05) is 24.3 Å². The molecule has 0 aliphatic rings. The molecule has 4 N–H and O–H groups in total. The minimum absolute atomic E-state index is 0.128. The zero-order valence-electron chi connectivity index (χ0n) is 16.1. The maximum atomic E-state index is 13.2. The number of hydrogen-bond donors (Lipinski definition) is 3. The number of hydrogen-bond acceptors (Lipinski definition) is 3. The van der Waals surface area contributed by atoms with Crippen molar-refractivity contribution in [3.63, 3.8) is 0 Å². The van der Waals surface area contributed by atoms with Crippen LogP contribution < -0.4 is 21.1 Å². The predicted molar refractivity (Wildman–Crippen MR) is 109 cm³/mol. The lowest BCUT2D eigenvalue weighted by Gasteiger charge is -2.11. The molecule has 0 aliphatic heterocycles. The summed E-state index contributed by atoms with van der Waals surface area (Å²) >= 11 is 0. The first-order chi connectivity index (χ1) is 13.6. The summed E-state index contributed by atoms with van der Waals surface area (Å²) in [6, 6.07) is 14.1. The van der Waals surface area contributed by atoms with E-state index in [1.165, 1.54) is 6.07 Å². The summed E-state index contributed by atoms with van der Waals surface area (Å²) in [6.07, 6.45) is 1.49. The Morgan fingerprint density at radius 3 is 2.57 bits per heavy atom. The Kier molecular flexibility index (Phi) is 8.78. The average Bonchev–Trinajstić information content (AvgIpc) is 2.67. The monoisotopic (exact) mass is 386 g/mol. The van der Waals surface area contributed by atoms with Crippen molar-refractivity contribution in [3.8, 4) is 5.75 Å². The third-order valence-corrected chi connectivity index (χ3v) is 3.91. The van der Waals surface area contributed by atoms with Crippen LogP contribution in [0.3, 0.4) is 0 Å². The van der Waals surface area contributed by atoms with E-state index in [0.717, 1.165) is 36.5 Å². The highest BCUT2D eigenvalue weighted by molar-refractivity contribution is 5.79. The molecular formula is C21H27FN4O2. The number of primary amides is 1. The maximum absolute atomic E-state index is 13.2. The predicted octanol–water partition coefficient (Wildman–Crippen LogP) is 2.03. The van der Waals surface area contributed by atoms with Gasteiger partial charge in [0, 0.05) is 19.6 Å². The van der Waals surface area contributed by atoms with Gasteiger partial charge >= 0.3 is 0 Å². The van der Waals surface area contributed by atoms with Gasteiger partial charge in [0.2, 0.25) is 0 Å². The van der Waals surface area contributed by atoms with Crippen molar-refractivity contribution in [3.05, 3.63) is 65.5 Å². The molecule has 0 fully saturated rings. The smallest absolute Gasteiger partial charge is 0.255 e. The molecule has 0 unspecified atom stereocenters. The van der Waals surface area contributed by atoms with Crippen molar-refractivity contribution in [1.29, 1.82) is 0 Å². The molecule has 0 saturated heterocycles. The second kappa shape index (κ2) is 11.6. The zero-order valence-corrected chi connectivity index (χ0v) is 16.1. The number of carbonyl (C=O) groups is 1. The summed E-state index contributed by atoms with van der Waals surface area (Å²) < 4.78 is 18.5. The van der Waals surface area contributed by atoms with Gasteiger partial charge in [-0.15, -0.1) is 0 Å². The van der Waals surface area contributed by atoms with Gasteiger partial charge in [-0.2, -0.15) is 0 Å². The summed E-state index contributed by atoms with van der Waals surface area (Å²) in [5.41, 5.74) is 7.12. The van der Waals surface area contributed by atoms with Crippen molar-refractivity contribution >= 4 is 11.9 Å². The van der Waals surface area contributed by atoms with Crippen LogP contribution in [-0.2, 0) is 17.6 Å². The molecule has 1 amide bonds. The average molecular weight is 386 g/mol. The first-order valence-corrected chi connectivity index (χ1v) is 9.33. The number of nitrogens with zero attached hydrogens (tertiary/aromatic N) is 1. The molecule has 0 aromatic heterocycles. The minimum Gasteiger partial charge on any atom is -0.484 e. The van der Waals surface area contributed by atoms with Gasteiger partial charge in [0.1, 0.15) is 11.6 Å². The molecule has 2 aromatic rings. The lowest BCUT2D eigenvalue weighted by atomic mass is 10.1. The molecule has 28 heavy (non-hydrogen) atoms. The molecule has 0 aliphatic carbocycles. The van der Waals surface area contributed by atoms with Crippen LogP contribution in [-0.4, -0.2) is 38.1 Å². The third kappa shape index (κ3) is 8.07. The number of aliphatic imine (C=N–C) groups is 1. The number of ether oxygens (including phenoxy) is 1. The summed E-state index contributed by atoms with van der Waals surface area (Å²) in [5, 5.41) is 6.47. The van der Waals surface area contributed by atoms with Crippen LogP contribution >= 0.6 is 0 Å². The highest BCUT2D eigenvalue weighted by Crippen LogP contribution is 2.12. The Morgan fingerprint density at radius 1 is 1.11 bits per heavy atom. The maximum Gasteiger partial charge on any atom is 0.255 e. The zero-order chi connectivity index (χ0) is 20.2. The van der Waals surface area contributed by atoms with Crippen LogP contribution in [0.25, 0.3) is 0 Å². The molecule has 150 valence electrons. The summed E-state index contributed by atoms with van der Waals surface area (Å²) in [6.45, 7) is 3.93. The minimum atomic E-state index is -0.501. The van der Waals surface area contributed by atoms with E-state index < -0.39 is 5.91 Å². The number of guanidine groups is 1. The van der Waals surface area contributed by atoms with E-state index in [2.05, 4.69) is 15.6 Å². The molecule has 0 spiro atoms. The first kappa shape index (κ1) is 21.2. The van der Waals surface area contributed by atoms with Gasteiger partial charge in [0.15, 0.2) is 12.6 Å². The molecule has 0 atom stereocenters. The number of rotatable bonds is 10. The summed E-state index contributed by atoms with van der Waals surface area (Å²) in [4.78, 5) is 15.3. The van der Waals surface area contributed by atoms with Crippen molar-refractivity contribution in [1.82, 2.24) is 10.6 Å². The quantitative estimate of drug-likeness (QED) is 0.431. The Morgan fingerprint density at radius 2 is 1.89 bits per heavy atom. The van der Waals surface area contributed by atoms with Gasteiger partial charge in [-0.05, 0) is 55.2 Å². The van der Waals surface area contributed by atoms with E-state index in [4.69, 9.17) is 10.5 Å². The van der Waals surface area contributed by atoms with Crippen molar-refractivity contribution in [2.45, 2.75) is 19.8 Å². The molecule has 0 bridgehead atoms. The Balaban J connectivity index is 1.79. The first-order valence-electron chi connectivity index (χ1n) is 9.33. The molecule has 0 radical (unpaired) electrons. The van der Waals surface area contributed by atoms with E-state index in [0.29, 0.717) is 18.8 Å². The van der Waals surface area contributed by atoms with Gasteiger partial charge in [0.05, 0.1) is 0 Å². The van der Waals surface area contributed by atoms with Crippen LogP contribution in [0.4, 0.5) is 4.39 Å². The fourth-order valence-corrected chi connectivity index (χ4v) is 2.56. The fraction of sp³-hybridized carbons (Fsp3) is 0.333. The van der Waals surface area contributed by atoms with Crippen LogP contribution in [0.15, 0.2) is 53.5 Å². The number of nitrogens with two attached hydrogens (primary N) is 1. The van der Waals surface area contributed by atoms with Gasteiger partial charge in [0.25, 0.3) is 5.91 Å². The van der Waals surface area contributed by atoms with Gasteiger partial charge in [-0.3, -0.25) is 9.79 Å². The van der Waals surface area contributed by atoms with E-state index in [1.807, 2.05) is 37.3 Å². The highest BCUT2D eigenvalue weighted by Gasteiger charge is 2.01. The topological polar surface area (TPSA) is 88.7 Å². The molecular weight excluding hydrogens is 359 g/mol. The van der Waals surface area contributed by atoms with E-state index in [-0.39, 0.29) is 12.4 Å². The van der Waals surface area contributed by atoms with Crippen LogP contribution in [0, 0.1) is 5.82 Å². The Bertz CT molecular complexity index is 778. The third-order valence-electron chi connectivity index (χ3n) is 3.91. The molecule has 6 nitrogen and oxygen atoms in total. The number of benzene rings is 2. The Hall–Kier alpha value is -3.09. The van der Waals surface area contributed by atoms with Crippen LogP contribution in [0.2, 0.25) is 0 Å². The highest BCUT2D eigenvalue weighted by atomic mass is 19.1. The van der Waals surface area contributed by atoms with Crippen molar-refractivity contribution in [2.75, 3.05) is 26.2 Å². The lowest BCUT2D eigenvalue weighted by Crippen LogP contribution is -2.38. The normalized spacial score (nSPS) is 11.1. The van der Waals surface area contributed by atoms with Gasteiger partial charge < -0.3 is 21.1 Å². The SMILES string of the molecule is CCNC(=NCCc1ccc(OCC(N)=O)cc1)NCCc1cccc(F)c1. The van der Waals surface area contributed by atoms with Crippen molar-refractivity contribution < 1.29 is 13.9 Å². The van der Waals surface area contributed by atoms with Crippen LogP contribution in [0.5, 0.6) is 5.75 Å². The van der Waals surface area contributed by atoms with E-state index >= 15 is 0 Å². The van der Waals surface area contributed by atoms with Crippen molar-refractivity contribution in [2.24, 2.45) is 10.7 Å². The second-order valence-electron chi connectivity index (χ2n) is 6.22. The standard InChI is InChI=1S/C21H27FN4O2/c1-2-24-21(26-13-11-17-4-3-5-18(22)14-17)25-12-10-16-6-8-19(9-7-16)28-15-20(23)27/h3-9,14H,2,10-13,15H2,1H3,(H2,23,27)(H2,24,25,26). The molecule has 0 heterocycles. The Labute approximate surface area is 165 Å². The molecule has 2 aromatic carbocycles. The number of halogens is 1. The number of amides is 1. The van der Waals surface area contributed by atoms with E-state index in [1.54, 1.807) is 12.1 Å². The van der Waals surface area contributed by atoms with Gasteiger partial charge in [-0.25, -0.2) is 4.39 Å². The van der Waals surface area contributed by atoms with E-state index in [9.17, 15) is 9.18 Å². The van der Waals surface area contributed by atoms with Crippen LogP contribution in [0.1, 0.15) is 18.1 Å². The number of nitrogens with one attached hydrogen (secondary N) is 2. The summed E-state index contributed by atoms with van der Waals surface area (Å²) in [7, 11) is 0.